The lowest BCUT2D eigenvalue weighted by Crippen LogP contribution is -2.29. The standard InChI is InChI=1S/C10H20N2/c1-10-4-8-12(9-5-10)7-3-2-6-11/h4H,2-3,5-9,11H2,1H3. The van der Waals surface area contributed by atoms with Crippen molar-refractivity contribution in [3.63, 3.8) is 0 Å². The zero-order chi connectivity index (χ0) is 8.81. The summed E-state index contributed by atoms with van der Waals surface area (Å²) in [6.07, 6.45) is 6.01. The molecule has 70 valence electrons. The van der Waals surface area contributed by atoms with E-state index >= 15 is 0 Å². The molecule has 2 heteroatoms. The molecule has 0 spiro atoms. The normalized spacial score (nSPS) is 19.3. The molecule has 0 aliphatic carbocycles. The van der Waals surface area contributed by atoms with Gasteiger partial charge in [0.25, 0.3) is 0 Å². The van der Waals surface area contributed by atoms with E-state index in [9.17, 15) is 0 Å². The number of hydrogen-bond acceptors (Lipinski definition) is 2. The summed E-state index contributed by atoms with van der Waals surface area (Å²) in [6, 6.07) is 0. The largest absolute Gasteiger partial charge is 0.330 e. The molecule has 0 amide bonds. The molecule has 0 aromatic rings. The fourth-order valence-corrected chi connectivity index (χ4v) is 1.50. The van der Waals surface area contributed by atoms with Crippen molar-refractivity contribution in [1.29, 1.82) is 0 Å². The van der Waals surface area contributed by atoms with Crippen molar-refractivity contribution < 1.29 is 0 Å². The maximum atomic E-state index is 5.44. The molecule has 1 aliphatic rings. The van der Waals surface area contributed by atoms with Gasteiger partial charge in [0, 0.05) is 13.1 Å². The Hall–Kier alpha value is -0.340. The van der Waals surface area contributed by atoms with Crippen molar-refractivity contribution in [2.45, 2.75) is 26.2 Å². The Morgan fingerprint density at radius 2 is 2.33 bits per heavy atom. The van der Waals surface area contributed by atoms with Gasteiger partial charge < -0.3 is 5.73 Å². The van der Waals surface area contributed by atoms with Crippen LogP contribution in [-0.4, -0.2) is 31.1 Å². The van der Waals surface area contributed by atoms with Crippen molar-refractivity contribution in [1.82, 2.24) is 4.90 Å². The smallest absolute Gasteiger partial charge is 0.0165 e. The Balaban J connectivity index is 2.10. The molecular weight excluding hydrogens is 148 g/mol. The summed E-state index contributed by atoms with van der Waals surface area (Å²) in [5.41, 5.74) is 6.98. The second-order valence-corrected chi connectivity index (χ2v) is 3.60. The SMILES string of the molecule is CC1=CCN(CCCCN)CC1. The average molecular weight is 168 g/mol. The van der Waals surface area contributed by atoms with Gasteiger partial charge in [-0.25, -0.2) is 0 Å². The van der Waals surface area contributed by atoms with Crippen molar-refractivity contribution >= 4 is 0 Å². The highest BCUT2D eigenvalue weighted by Gasteiger charge is 2.07. The van der Waals surface area contributed by atoms with Gasteiger partial charge in [-0.15, -0.1) is 0 Å². The van der Waals surface area contributed by atoms with E-state index in [2.05, 4.69) is 17.9 Å². The maximum absolute atomic E-state index is 5.44. The van der Waals surface area contributed by atoms with Crippen LogP contribution in [0.1, 0.15) is 26.2 Å². The van der Waals surface area contributed by atoms with E-state index in [1.165, 1.54) is 32.4 Å². The van der Waals surface area contributed by atoms with Gasteiger partial charge in [0.15, 0.2) is 0 Å². The van der Waals surface area contributed by atoms with Crippen LogP contribution in [0.5, 0.6) is 0 Å². The lowest BCUT2D eigenvalue weighted by atomic mass is 10.1. The van der Waals surface area contributed by atoms with Crippen LogP contribution in [0.25, 0.3) is 0 Å². The summed E-state index contributed by atoms with van der Waals surface area (Å²) in [4.78, 5) is 2.50. The first-order chi connectivity index (χ1) is 5.83. The van der Waals surface area contributed by atoms with Crippen molar-refractivity contribution in [3.05, 3.63) is 11.6 Å². The monoisotopic (exact) mass is 168 g/mol. The lowest BCUT2D eigenvalue weighted by Gasteiger charge is -2.24. The molecule has 0 aromatic carbocycles. The summed E-state index contributed by atoms with van der Waals surface area (Å²) in [5.74, 6) is 0. The first-order valence-electron chi connectivity index (χ1n) is 4.91. The van der Waals surface area contributed by atoms with E-state index in [0.29, 0.717) is 0 Å². The van der Waals surface area contributed by atoms with Gasteiger partial charge in [-0.1, -0.05) is 11.6 Å². The molecule has 0 saturated heterocycles. The third-order valence-electron chi connectivity index (χ3n) is 2.45. The van der Waals surface area contributed by atoms with Gasteiger partial charge in [0.2, 0.25) is 0 Å². The van der Waals surface area contributed by atoms with Gasteiger partial charge in [-0.05, 0) is 39.3 Å². The Kier molecular flexibility index (Phi) is 4.33. The van der Waals surface area contributed by atoms with E-state index in [4.69, 9.17) is 5.73 Å². The molecule has 0 unspecified atom stereocenters. The molecule has 1 rings (SSSR count). The molecule has 0 aromatic heterocycles. The van der Waals surface area contributed by atoms with Crippen LogP contribution in [0, 0.1) is 0 Å². The van der Waals surface area contributed by atoms with Crippen molar-refractivity contribution in [2.75, 3.05) is 26.2 Å². The predicted octanol–water partition coefficient (Wildman–Crippen LogP) is 1.38. The number of nitrogens with two attached hydrogens (primary N) is 1. The predicted molar refractivity (Wildman–Crippen MR) is 53.1 cm³/mol. The summed E-state index contributed by atoms with van der Waals surface area (Å²) in [7, 11) is 0. The molecular formula is C10H20N2. The minimum Gasteiger partial charge on any atom is -0.330 e. The first-order valence-corrected chi connectivity index (χ1v) is 4.91. The van der Waals surface area contributed by atoms with E-state index in [1.54, 1.807) is 5.57 Å². The third-order valence-corrected chi connectivity index (χ3v) is 2.45. The lowest BCUT2D eigenvalue weighted by molar-refractivity contribution is 0.288. The van der Waals surface area contributed by atoms with Gasteiger partial charge in [0.1, 0.15) is 0 Å². The first kappa shape index (κ1) is 9.75. The van der Waals surface area contributed by atoms with E-state index in [0.717, 1.165) is 13.1 Å². The molecule has 0 saturated carbocycles. The highest BCUT2D eigenvalue weighted by Crippen LogP contribution is 2.09. The third kappa shape index (κ3) is 3.37. The zero-order valence-corrected chi connectivity index (χ0v) is 8.05. The molecule has 2 nitrogen and oxygen atoms in total. The minimum absolute atomic E-state index is 0.836. The summed E-state index contributed by atoms with van der Waals surface area (Å²) in [6.45, 7) is 6.67. The number of unbranched alkanes of at least 4 members (excludes halogenated alkanes) is 1. The maximum Gasteiger partial charge on any atom is 0.0165 e. The van der Waals surface area contributed by atoms with Crippen LogP contribution in [-0.2, 0) is 0 Å². The quantitative estimate of drug-likeness (QED) is 0.507. The van der Waals surface area contributed by atoms with Crippen molar-refractivity contribution in [3.8, 4) is 0 Å². The number of hydrogen-bond donors (Lipinski definition) is 1. The molecule has 0 bridgehead atoms. The Labute approximate surface area is 75.4 Å². The van der Waals surface area contributed by atoms with Crippen LogP contribution < -0.4 is 5.73 Å². The molecule has 0 atom stereocenters. The fourth-order valence-electron chi connectivity index (χ4n) is 1.50. The van der Waals surface area contributed by atoms with Gasteiger partial charge >= 0.3 is 0 Å². The Bertz CT molecular complexity index is 152. The molecule has 1 aliphatic heterocycles. The molecule has 0 fully saturated rings. The molecule has 0 radical (unpaired) electrons. The van der Waals surface area contributed by atoms with E-state index in [1.807, 2.05) is 0 Å². The van der Waals surface area contributed by atoms with Gasteiger partial charge in [0.05, 0.1) is 0 Å². The van der Waals surface area contributed by atoms with E-state index < -0.39 is 0 Å². The van der Waals surface area contributed by atoms with Crippen molar-refractivity contribution in [2.24, 2.45) is 5.73 Å². The van der Waals surface area contributed by atoms with Gasteiger partial charge in [-0.2, -0.15) is 0 Å². The second kappa shape index (κ2) is 5.33. The van der Waals surface area contributed by atoms with E-state index in [-0.39, 0.29) is 0 Å². The van der Waals surface area contributed by atoms with Crippen LogP contribution in [0.2, 0.25) is 0 Å². The summed E-state index contributed by atoms with van der Waals surface area (Å²) in [5, 5.41) is 0. The number of nitrogens with zero attached hydrogens (tertiary/aromatic N) is 1. The summed E-state index contributed by atoms with van der Waals surface area (Å²) < 4.78 is 0. The number of rotatable bonds is 4. The fraction of sp³-hybridized carbons (Fsp3) is 0.800. The average Bonchev–Trinajstić information content (AvgIpc) is 2.09. The molecule has 2 N–H and O–H groups in total. The zero-order valence-electron chi connectivity index (χ0n) is 8.05. The van der Waals surface area contributed by atoms with Gasteiger partial charge in [-0.3, -0.25) is 4.90 Å². The Morgan fingerprint density at radius 3 is 2.92 bits per heavy atom. The minimum atomic E-state index is 0.836. The molecule has 12 heavy (non-hydrogen) atoms. The Morgan fingerprint density at radius 1 is 1.50 bits per heavy atom. The molecule has 1 heterocycles. The highest BCUT2D eigenvalue weighted by molar-refractivity contribution is 5.03. The van der Waals surface area contributed by atoms with Crippen LogP contribution >= 0.6 is 0 Å². The summed E-state index contributed by atoms with van der Waals surface area (Å²) >= 11 is 0. The topological polar surface area (TPSA) is 29.3 Å². The van der Waals surface area contributed by atoms with Crippen LogP contribution in [0.3, 0.4) is 0 Å². The van der Waals surface area contributed by atoms with Crippen LogP contribution in [0.4, 0.5) is 0 Å². The highest BCUT2D eigenvalue weighted by atomic mass is 15.1. The van der Waals surface area contributed by atoms with Crippen LogP contribution in [0.15, 0.2) is 11.6 Å². The second-order valence-electron chi connectivity index (χ2n) is 3.60.